The monoisotopic (exact) mass is 395 g/mol. The van der Waals surface area contributed by atoms with Crippen molar-refractivity contribution in [2.24, 2.45) is 0 Å². The summed E-state index contributed by atoms with van der Waals surface area (Å²) in [6.07, 6.45) is 7.90. The van der Waals surface area contributed by atoms with Crippen LogP contribution in [-0.2, 0) is 0 Å². The topological polar surface area (TPSA) is 93.0 Å². The molecule has 0 radical (unpaired) electrons. The maximum Gasteiger partial charge on any atom is 0.353 e. The van der Waals surface area contributed by atoms with Crippen molar-refractivity contribution in [2.45, 2.75) is 44.6 Å². The Labute approximate surface area is 161 Å². The fraction of sp³-hybridized carbons (Fsp3) is 0.412. The zero-order valence-corrected chi connectivity index (χ0v) is 15.6. The van der Waals surface area contributed by atoms with Crippen LogP contribution < -0.4 is 10.6 Å². The quantitative estimate of drug-likeness (QED) is 0.390. The summed E-state index contributed by atoms with van der Waals surface area (Å²) < 4.78 is 0. The van der Waals surface area contributed by atoms with Gasteiger partial charge in [0.1, 0.15) is 6.33 Å². The van der Waals surface area contributed by atoms with Gasteiger partial charge in [-0.2, -0.15) is 0 Å². The van der Waals surface area contributed by atoms with E-state index in [-0.39, 0.29) is 23.4 Å². The number of nitrogens with zero attached hydrogens (tertiary/aromatic N) is 3. The molecule has 9 heteroatoms. The minimum atomic E-state index is -0.479. The Bertz CT molecular complexity index is 774. The van der Waals surface area contributed by atoms with Gasteiger partial charge in [0.05, 0.1) is 4.92 Å². The normalized spacial score (nSPS) is 15.3. The molecule has 2 aromatic rings. The fourth-order valence-corrected chi connectivity index (χ4v) is 3.65. The van der Waals surface area contributed by atoms with Gasteiger partial charge in [0.2, 0.25) is 11.6 Å². The van der Waals surface area contributed by atoms with Crippen LogP contribution in [0.15, 0.2) is 24.5 Å². The molecule has 2 N–H and O–H groups in total. The minimum Gasteiger partial charge on any atom is -0.361 e. The molecule has 0 atom stereocenters. The Hall–Kier alpha value is -2.12. The van der Waals surface area contributed by atoms with Crippen molar-refractivity contribution in [2.75, 3.05) is 10.6 Å². The first kappa shape index (κ1) is 18.7. The van der Waals surface area contributed by atoms with Crippen LogP contribution in [0.5, 0.6) is 0 Å². The Morgan fingerprint density at radius 3 is 2.23 bits per heavy atom. The van der Waals surface area contributed by atoms with Crippen molar-refractivity contribution in [3.05, 3.63) is 44.7 Å². The van der Waals surface area contributed by atoms with E-state index in [1.54, 1.807) is 18.2 Å². The number of anilines is 3. The number of nitrogens with one attached hydrogen (secondary N) is 2. The third-order valence-electron chi connectivity index (χ3n) is 4.33. The highest BCUT2D eigenvalue weighted by atomic mass is 35.5. The number of nitro groups is 1. The Kier molecular flexibility index (Phi) is 6.11. The van der Waals surface area contributed by atoms with Crippen LogP contribution in [0.2, 0.25) is 10.0 Å². The number of rotatable bonds is 5. The standard InChI is InChI=1S/C17H19Cl2N5O2/c18-11-7-12(19)9-14(8-11)23-17-15(24(25)26)16(20-10-21-17)22-13-5-3-1-2-4-6-13/h7-10,13H,1-6H2,(H2,20,21,22,23). The molecule has 0 aliphatic heterocycles. The van der Waals surface area contributed by atoms with Crippen LogP contribution in [0.25, 0.3) is 0 Å². The lowest BCUT2D eigenvalue weighted by Gasteiger charge is -2.17. The van der Waals surface area contributed by atoms with Crippen LogP contribution in [0.1, 0.15) is 38.5 Å². The smallest absolute Gasteiger partial charge is 0.353 e. The molecule has 0 bridgehead atoms. The summed E-state index contributed by atoms with van der Waals surface area (Å²) in [5, 5.41) is 18.7. The maximum atomic E-state index is 11.7. The number of hydrogen-bond donors (Lipinski definition) is 2. The maximum absolute atomic E-state index is 11.7. The molecule has 7 nitrogen and oxygen atoms in total. The van der Waals surface area contributed by atoms with Gasteiger partial charge in [0, 0.05) is 21.8 Å². The number of hydrogen-bond acceptors (Lipinski definition) is 6. The molecule has 1 saturated carbocycles. The molecule has 3 rings (SSSR count). The van der Waals surface area contributed by atoms with Gasteiger partial charge >= 0.3 is 5.69 Å². The molecule has 0 saturated heterocycles. The summed E-state index contributed by atoms with van der Waals surface area (Å²) >= 11 is 12.0. The molecule has 0 spiro atoms. The highest BCUT2D eigenvalue weighted by Crippen LogP contribution is 2.34. The largest absolute Gasteiger partial charge is 0.361 e. The van der Waals surface area contributed by atoms with E-state index in [0.29, 0.717) is 15.7 Å². The van der Waals surface area contributed by atoms with Gasteiger partial charge in [-0.3, -0.25) is 10.1 Å². The van der Waals surface area contributed by atoms with Crippen LogP contribution in [0.3, 0.4) is 0 Å². The Balaban J connectivity index is 1.89. The second kappa shape index (κ2) is 8.51. The van der Waals surface area contributed by atoms with Gasteiger partial charge in [-0.15, -0.1) is 0 Å². The number of aromatic nitrogens is 2. The van der Waals surface area contributed by atoms with Crippen molar-refractivity contribution in [1.29, 1.82) is 0 Å². The minimum absolute atomic E-state index is 0.0967. The van der Waals surface area contributed by atoms with E-state index in [1.807, 2.05) is 0 Å². The van der Waals surface area contributed by atoms with Crippen molar-refractivity contribution >= 4 is 46.2 Å². The first-order chi connectivity index (χ1) is 12.5. The molecule has 1 aromatic heterocycles. The van der Waals surface area contributed by atoms with Gasteiger partial charge in [-0.25, -0.2) is 9.97 Å². The van der Waals surface area contributed by atoms with Crippen molar-refractivity contribution in [1.82, 2.24) is 9.97 Å². The third-order valence-corrected chi connectivity index (χ3v) is 4.76. The van der Waals surface area contributed by atoms with E-state index in [9.17, 15) is 10.1 Å². The summed E-state index contributed by atoms with van der Waals surface area (Å²) in [7, 11) is 0. The lowest BCUT2D eigenvalue weighted by atomic mass is 10.1. The van der Waals surface area contributed by atoms with Crippen LogP contribution in [-0.4, -0.2) is 20.9 Å². The number of halogens is 2. The molecule has 1 aromatic carbocycles. The van der Waals surface area contributed by atoms with E-state index >= 15 is 0 Å². The zero-order valence-electron chi connectivity index (χ0n) is 14.0. The van der Waals surface area contributed by atoms with Crippen LogP contribution in [0.4, 0.5) is 23.0 Å². The van der Waals surface area contributed by atoms with E-state index in [4.69, 9.17) is 23.2 Å². The van der Waals surface area contributed by atoms with Gasteiger partial charge in [-0.1, -0.05) is 48.9 Å². The van der Waals surface area contributed by atoms with E-state index in [2.05, 4.69) is 20.6 Å². The zero-order chi connectivity index (χ0) is 18.5. The molecule has 1 heterocycles. The fourth-order valence-electron chi connectivity index (χ4n) is 3.13. The van der Waals surface area contributed by atoms with E-state index in [0.717, 1.165) is 25.7 Å². The van der Waals surface area contributed by atoms with Gasteiger partial charge in [-0.05, 0) is 31.0 Å². The molecule has 0 amide bonds. The third kappa shape index (κ3) is 4.74. The van der Waals surface area contributed by atoms with E-state index < -0.39 is 4.92 Å². The summed E-state index contributed by atoms with van der Waals surface area (Å²) in [5.74, 6) is 0.326. The summed E-state index contributed by atoms with van der Waals surface area (Å²) in [6, 6.07) is 5.01. The van der Waals surface area contributed by atoms with Crippen LogP contribution >= 0.6 is 23.2 Å². The molecular weight excluding hydrogens is 377 g/mol. The second-order valence-electron chi connectivity index (χ2n) is 6.29. The summed E-state index contributed by atoms with van der Waals surface area (Å²) in [6.45, 7) is 0. The van der Waals surface area contributed by atoms with Gasteiger partial charge in [0.15, 0.2) is 0 Å². The molecule has 138 valence electrons. The average molecular weight is 396 g/mol. The summed E-state index contributed by atoms with van der Waals surface area (Å²) in [5.41, 5.74) is 0.331. The van der Waals surface area contributed by atoms with Crippen molar-refractivity contribution < 1.29 is 4.92 Å². The average Bonchev–Trinajstić information content (AvgIpc) is 2.82. The van der Waals surface area contributed by atoms with Crippen LogP contribution in [0, 0.1) is 10.1 Å². The van der Waals surface area contributed by atoms with Gasteiger partial charge in [0.25, 0.3) is 0 Å². The van der Waals surface area contributed by atoms with E-state index in [1.165, 1.54) is 19.2 Å². The molecular formula is C17H19Cl2N5O2. The molecule has 1 aliphatic carbocycles. The Morgan fingerprint density at radius 2 is 1.62 bits per heavy atom. The molecule has 1 aliphatic rings. The second-order valence-corrected chi connectivity index (χ2v) is 7.17. The molecule has 26 heavy (non-hydrogen) atoms. The van der Waals surface area contributed by atoms with Crippen molar-refractivity contribution in [3.8, 4) is 0 Å². The van der Waals surface area contributed by atoms with Gasteiger partial charge < -0.3 is 10.6 Å². The first-order valence-corrected chi connectivity index (χ1v) is 9.27. The highest BCUT2D eigenvalue weighted by molar-refractivity contribution is 6.35. The summed E-state index contributed by atoms with van der Waals surface area (Å²) in [4.78, 5) is 19.3. The lowest BCUT2D eigenvalue weighted by molar-refractivity contribution is -0.383. The van der Waals surface area contributed by atoms with Crippen molar-refractivity contribution in [3.63, 3.8) is 0 Å². The lowest BCUT2D eigenvalue weighted by Crippen LogP contribution is -2.20. The predicted molar refractivity (Wildman–Crippen MR) is 104 cm³/mol. The molecule has 0 unspecified atom stereocenters. The Morgan fingerprint density at radius 1 is 1.00 bits per heavy atom. The highest BCUT2D eigenvalue weighted by Gasteiger charge is 2.25. The first-order valence-electron chi connectivity index (χ1n) is 8.52. The predicted octanol–water partition coefficient (Wildman–Crippen LogP) is 5.57. The number of benzene rings is 1. The molecule has 1 fully saturated rings. The SMILES string of the molecule is O=[N+]([O-])c1c(Nc2cc(Cl)cc(Cl)c2)ncnc1NC1CCCCCC1.